The van der Waals surface area contributed by atoms with Crippen molar-refractivity contribution in [1.29, 1.82) is 0 Å². The van der Waals surface area contributed by atoms with Crippen LogP contribution in [0.1, 0.15) is 33.5 Å². The van der Waals surface area contributed by atoms with Crippen LogP contribution in [-0.4, -0.2) is 34.3 Å². The topological polar surface area (TPSA) is 81.4 Å². The zero-order valence-electron chi connectivity index (χ0n) is 14.7. The van der Waals surface area contributed by atoms with Crippen LogP contribution in [0.25, 0.3) is 10.2 Å². The molecule has 2 heterocycles. The summed E-state index contributed by atoms with van der Waals surface area (Å²) in [5.74, 6) is -0.292. The molecule has 3 rings (SSSR count). The first-order chi connectivity index (χ1) is 12.5. The number of carbonyl (C=O) groups is 1. The maximum absolute atomic E-state index is 13.0. The zero-order chi connectivity index (χ0) is 18.7. The van der Waals surface area contributed by atoms with Crippen molar-refractivity contribution in [2.24, 2.45) is 0 Å². The summed E-state index contributed by atoms with van der Waals surface area (Å²) >= 11 is 1.55. The molecule has 0 spiro atoms. The molecule has 7 heteroatoms. The summed E-state index contributed by atoms with van der Waals surface area (Å²) in [5.41, 5.74) is 1.00. The predicted molar refractivity (Wildman–Crippen MR) is 101 cm³/mol. The minimum atomic E-state index is -0.969. The van der Waals surface area contributed by atoms with Gasteiger partial charge in [-0.05, 0) is 30.2 Å². The van der Waals surface area contributed by atoms with Crippen molar-refractivity contribution < 1.29 is 14.6 Å². The molecular formula is C19H20N2O4S. The molecule has 0 radical (unpaired) electrons. The molecule has 1 aromatic carbocycles. The number of fused-ring (bicyclic) bond motifs is 1. The van der Waals surface area contributed by atoms with Crippen LogP contribution in [0.2, 0.25) is 0 Å². The fourth-order valence-corrected chi connectivity index (χ4v) is 3.74. The maximum atomic E-state index is 13.0. The quantitative estimate of drug-likeness (QED) is 0.690. The highest BCUT2D eigenvalue weighted by atomic mass is 32.1. The Kier molecular flexibility index (Phi) is 5.49. The van der Waals surface area contributed by atoms with Gasteiger partial charge in [-0.25, -0.2) is 9.78 Å². The van der Waals surface area contributed by atoms with E-state index in [0.717, 1.165) is 21.7 Å². The Labute approximate surface area is 154 Å². The van der Waals surface area contributed by atoms with E-state index in [1.807, 2.05) is 6.07 Å². The van der Waals surface area contributed by atoms with Crippen molar-refractivity contribution >= 4 is 27.5 Å². The Morgan fingerprint density at radius 3 is 2.65 bits per heavy atom. The summed E-state index contributed by atoms with van der Waals surface area (Å²) in [6.45, 7) is 2.87. The van der Waals surface area contributed by atoms with Gasteiger partial charge in [0.25, 0.3) is 5.56 Å². The predicted octanol–water partition coefficient (Wildman–Crippen LogP) is 2.96. The number of aromatic nitrogens is 2. The van der Waals surface area contributed by atoms with E-state index in [0.29, 0.717) is 30.8 Å². The number of ether oxygens (including phenoxy) is 1. The molecule has 1 N–H and O–H groups in total. The van der Waals surface area contributed by atoms with Crippen LogP contribution in [0.15, 0.2) is 35.1 Å². The van der Waals surface area contributed by atoms with Gasteiger partial charge in [0, 0.05) is 18.4 Å². The SMILES string of the molecule is CCc1cc2c(=O)n(Cc3ccc(C(=O)O)cc3)c(CCOC)nc2s1. The van der Waals surface area contributed by atoms with E-state index in [1.54, 1.807) is 47.3 Å². The second-order valence-electron chi connectivity index (χ2n) is 5.95. The van der Waals surface area contributed by atoms with Crippen LogP contribution in [0.3, 0.4) is 0 Å². The van der Waals surface area contributed by atoms with Gasteiger partial charge in [-0.1, -0.05) is 19.1 Å². The van der Waals surface area contributed by atoms with E-state index in [4.69, 9.17) is 14.8 Å². The smallest absolute Gasteiger partial charge is 0.335 e. The van der Waals surface area contributed by atoms with Crippen LogP contribution in [0.4, 0.5) is 0 Å². The number of aryl methyl sites for hydroxylation is 1. The van der Waals surface area contributed by atoms with Crippen LogP contribution >= 0.6 is 11.3 Å². The molecule has 0 aliphatic rings. The summed E-state index contributed by atoms with van der Waals surface area (Å²) in [6, 6.07) is 8.46. The minimum absolute atomic E-state index is 0.0700. The van der Waals surface area contributed by atoms with Crippen LogP contribution in [0, 0.1) is 0 Å². The average Bonchev–Trinajstić information content (AvgIpc) is 3.06. The van der Waals surface area contributed by atoms with Crippen molar-refractivity contribution in [3.8, 4) is 0 Å². The van der Waals surface area contributed by atoms with Crippen molar-refractivity contribution in [2.75, 3.05) is 13.7 Å². The molecule has 0 saturated carbocycles. The van der Waals surface area contributed by atoms with Gasteiger partial charge < -0.3 is 9.84 Å². The van der Waals surface area contributed by atoms with Crippen molar-refractivity contribution in [3.05, 3.63) is 62.5 Å². The number of benzene rings is 1. The maximum Gasteiger partial charge on any atom is 0.335 e. The van der Waals surface area contributed by atoms with E-state index in [-0.39, 0.29) is 11.1 Å². The molecule has 0 saturated heterocycles. The van der Waals surface area contributed by atoms with E-state index in [9.17, 15) is 9.59 Å². The van der Waals surface area contributed by atoms with Gasteiger partial charge in [-0.3, -0.25) is 9.36 Å². The lowest BCUT2D eigenvalue weighted by molar-refractivity contribution is 0.0697. The Morgan fingerprint density at radius 1 is 1.31 bits per heavy atom. The Bertz CT molecular complexity index is 989. The van der Waals surface area contributed by atoms with Gasteiger partial charge in [-0.15, -0.1) is 11.3 Å². The van der Waals surface area contributed by atoms with Gasteiger partial charge in [0.05, 0.1) is 24.1 Å². The molecule has 136 valence electrons. The third-order valence-corrected chi connectivity index (χ3v) is 5.37. The lowest BCUT2D eigenvalue weighted by Gasteiger charge is -2.12. The monoisotopic (exact) mass is 372 g/mol. The second-order valence-corrected chi connectivity index (χ2v) is 7.06. The summed E-state index contributed by atoms with van der Waals surface area (Å²) in [4.78, 5) is 30.6. The van der Waals surface area contributed by atoms with Crippen LogP contribution in [-0.2, 0) is 24.1 Å². The first kappa shape index (κ1) is 18.3. The van der Waals surface area contributed by atoms with Crippen LogP contribution in [0.5, 0.6) is 0 Å². The van der Waals surface area contributed by atoms with Gasteiger partial charge in [0.15, 0.2) is 0 Å². The lowest BCUT2D eigenvalue weighted by Crippen LogP contribution is -2.26. The van der Waals surface area contributed by atoms with Crippen LogP contribution < -0.4 is 5.56 Å². The van der Waals surface area contributed by atoms with E-state index in [2.05, 4.69) is 6.92 Å². The van der Waals surface area contributed by atoms with E-state index in [1.165, 1.54) is 0 Å². The molecular weight excluding hydrogens is 352 g/mol. The number of rotatable bonds is 7. The number of thiophene rings is 1. The summed E-state index contributed by atoms with van der Waals surface area (Å²) in [6.07, 6.45) is 1.40. The van der Waals surface area contributed by atoms with Gasteiger partial charge in [-0.2, -0.15) is 0 Å². The highest BCUT2D eigenvalue weighted by Gasteiger charge is 2.14. The Hall–Kier alpha value is -2.51. The zero-order valence-corrected chi connectivity index (χ0v) is 15.5. The average molecular weight is 372 g/mol. The Morgan fingerprint density at radius 2 is 2.04 bits per heavy atom. The first-order valence-electron chi connectivity index (χ1n) is 8.36. The molecule has 0 amide bonds. The minimum Gasteiger partial charge on any atom is -0.478 e. The molecule has 3 aromatic rings. The highest BCUT2D eigenvalue weighted by Crippen LogP contribution is 2.22. The largest absolute Gasteiger partial charge is 0.478 e. The van der Waals surface area contributed by atoms with Crippen molar-refractivity contribution in [3.63, 3.8) is 0 Å². The number of nitrogens with zero attached hydrogens (tertiary/aromatic N) is 2. The fourth-order valence-electron chi connectivity index (χ4n) is 2.76. The number of hydrogen-bond donors (Lipinski definition) is 1. The van der Waals surface area contributed by atoms with E-state index >= 15 is 0 Å². The molecule has 6 nitrogen and oxygen atoms in total. The number of hydrogen-bond acceptors (Lipinski definition) is 5. The molecule has 0 bridgehead atoms. The lowest BCUT2D eigenvalue weighted by atomic mass is 10.1. The number of methoxy groups -OCH3 is 1. The number of carboxylic acid groups (broad SMARTS) is 1. The van der Waals surface area contributed by atoms with Crippen molar-refractivity contribution in [1.82, 2.24) is 9.55 Å². The normalized spacial score (nSPS) is 11.2. The standard InChI is InChI=1S/C19H20N2O4S/c1-3-14-10-15-17(26-14)20-16(8-9-25-2)21(18(15)22)11-12-4-6-13(7-5-12)19(23)24/h4-7,10H,3,8-9,11H2,1-2H3,(H,23,24). The van der Waals surface area contributed by atoms with Gasteiger partial charge in [0.2, 0.25) is 0 Å². The Balaban J connectivity index is 2.05. The van der Waals surface area contributed by atoms with E-state index < -0.39 is 5.97 Å². The molecule has 0 unspecified atom stereocenters. The number of carboxylic acids is 1. The molecule has 2 aromatic heterocycles. The summed E-state index contributed by atoms with van der Waals surface area (Å²) in [7, 11) is 1.62. The summed E-state index contributed by atoms with van der Waals surface area (Å²) in [5, 5.41) is 9.65. The molecule has 0 fully saturated rings. The van der Waals surface area contributed by atoms with Crippen molar-refractivity contribution in [2.45, 2.75) is 26.3 Å². The molecule has 0 atom stereocenters. The third kappa shape index (κ3) is 3.68. The molecule has 26 heavy (non-hydrogen) atoms. The fraction of sp³-hybridized carbons (Fsp3) is 0.316. The number of aromatic carboxylic acids is 1. The van der Waals surface area contributed by atoms with Gasteiger partial charge in [0.1, 0.15) is 10.7 Å². The van der Waals surface area contributed by atoms with Gasteiger partial charge >= 0.3 is 5.97 Å². The molecule has 0 aliphatic carbocycles. The summed E-state index contributed by atoms with van der Waals surface area (Å²) < 4.78 is 6.81. The molecule has 0 aliphatic heterocycles. The second kappa shape index (κ2) is 7.80. The third-order valence-electron chi connectivity index (χ3n) is 4.20. The first-order valence-corrected chi connectivity index (χ1v) is 9.18. The highest BCUT2D eigenvalue weighted by molar-refractivity contribution is 7.18.